The molecule has 0 radical (unpaired) electrons. The molecule has 6 heteroatoms. The number of fused-ring (bicyclic) bond motifs is 1. The van der Waals surface area contributed by atoms with Gasteiger partial charge in [0.25, 0.3) is 0 Å². The summed E-state index contributed by atoms with van der Waals surface area (Å²) in [5.41, 5.74) is -0.0729. The second-order valence-electron chi connectivity index (χ2n) is 3.23. The molecule has 2 rings (SSSR count). The largest absolute Gasteiger partial charge is 0.454 e. The molecule has 0 spiro atoms. The van der Waals surface area contributed by atoms with Crippen LogP contribution in [-0.4, -0.2) is 26.2 Å². The topological polar surface area (TPSA) is 47.6 Å². The number of benzene rings is 1. The van der Waals surface area contributed by atoms with Crippen LogP contribution >= 0.6 is 15.9 Å². The molecule has 1 aliphatic rings. The molecule has 0 fully saturated rings. The van der Waals surface area contributed by atoms with Gasteiger partial charge >= 0.3 is 0 Å². The molecule has 0 bridgehead atoms. The lowest BCUT2D eigenvalue weighted by Gasteiger charge is -2.07. The molecule has 1 N–H and O–H groups in total. The highest BCUT2D eigenvalue weighted by Gasteiger charge is 2.27. The first-order valence-electron chi connectivity index (χ1n) is 4.60. The van der Waals surface area contributed by atoms with Crippen LogP contribution in [0.5, 0.6) is 11.5 Å². The molecule has 1 aromatic carbocycles. The Morgan fingerprint density at radius 1 is 1.62 bits per heavy atom. The molecule has 16 heavy (non-hydrogen) atoms. The zero-order valence-electron chi connectivity index (χ0n) is 8.47. The lowest BCUT2D eigenvalue weighted by atomic mass is 10.1. The predicted molar refractivity (Wildman–Crippen MR) is 58.5 cm³/mol. The van der Waals surface area contributed by atoms with Crippen molar-refractivity contribution >= 4 is 21.7 Å². The van der Waals surface area contributed by atoms with Crippen molar-refractivity contribution in [3.05, 3.63) is 21.9 Å². The van der Waals surface area contributed by atoms with Crippen molar-refractivity contribution in [1.29, 1.82) is 0 Å². The number of hydrogen-bond donors (Lipinski definition) is 1. The van der Waals surface area contributed by atoms with Crippen LogP contribution in [0.1, 0.15) is 10.4 Å². The molecule has 1 aliphatic heterocycles. The fourth-order valence-corrected chi connectivity index (χ4v) is 1.89. The van der Waals surface area contributed by atoms with Crippen molar-refractivity contribution < 1.29 is 18.7 Å². The third-order valence-corrected chi connectivity index (χ3v) is 2.75. The van der Waals surface area contributed by atoms with E-state index in [0.29, 0.717) is 5.75 Å². The van der Waals surface area contributed by atoms with E-state index in [1.165, 1.54) is 6.07 Å². The highest BCUT2D eigenvalue weighted by Crippen LogP contribution is 2.40. The summed E-state index contributed by atoms with van der Waals surface area (Å²) in [6.07, 6.45) is 0. The van der Waals surface area contributed by atoms with E-state index >= 15 is 0 Å². The summed E-state index contributed by atoms with van der Waals surface area (Å²) in [6.45, 7) is 0.0498. The van der Waals surface area contributed by atoms with Gasteiger partial charge in [-0.1, -0.05) is 0 Å². The number of hydrogen-bond acceptors (Lipinski definition) is 4. The van der Waals surface area contributed by atoms with Crippen molar-refractivity contribution in [2.75, 3.05) is 20.4 Å². The number of Topliss-reactive ketones (excluding diaryl/α,β-unsaturated/α-hetero) is 1. The number of rotatable bonds is 3. The summed E-state index contributed by atoms with van der Waals surface area (Å²) in [5.74, 6) is -0.429. The Morgan fingerprint density at radius 2 is 2.38 bits per heavy atom. The molecule has 0 amide bonds. The Bertz CT molecular complexity index is 450. The van der Waals surface area contributed by atoms with Crippen LogP contribution in [0.25, 0.3) is 0 Å². The summed E-state index contributed by atoms with van der Waals surface area (Å²) >= 11 is 3.04. The summed E-state index contributed by atoms with van der Waals surface area (Å²) < 4.78 is 24.2. The van der Waals surface area contributed by atoms with Crippen molar-refractivity contribution in [1.82, 2.24) is 5.32 Å². The van der Waals surface area contributed by atoms with E-state index in [2.05, 4.69) is 21.2 Å². The third-order valence-electron chi connectivity index (χ3n) is 2.17. The van der Waals surface area contributed by atoms with E-state index in [1.807, 2.05) is 0 Å². The number of nitrogens with one attached hydrogen (secondary N) is 1. The Labute approximate surface area is 99.9 Å². The lowest BCUT2D eigenvalue weighted by Crippen LogP contribution is -2.20. The number of likely N-dealkylation sites (N-methyl/N-ethyl adjacent to an activating group) is 1. The standard InChI is InChI=1S/C10H9BrFNO3/c1-13-3-6(14)8-9(12)5(11)2-7-10(8)16-4-15-7/h2,13H,3-4H2,1H3. The quantitative estimate of drug-likeness (QED) is 0.861. The molecule has 0 saturated carbocycles. The van der Waals surface area contributed by atoms with Gasteiger partial charge in [0.15, 0.2) is 23.1 Å². The van der Waals surface area contributed by atoms with Crippen molar-refractivity contribution in [3.63, 3.8) is 0 Å². The summed E-state index contributed by atoms with van der Waals surface area (Å²) in [6, 6.07) is 1.45. The SMILES string of the molecule is CNCC(=O)c1c(F)c(Br)cc2c1OCO2. The van der Waals surface area contributed by atoms with Crippen molar-refractivity contribution in [3.8, 4) is 11.5 Å². The van der Waals surface area contributed by atoms with Gasteiger partial charge in [0, 0.05) is 6.07 Å². The highest BCUT2D eigenvalue weighted by molar-refractivity contribution is 9.10. The van der Waals surface area contributed by atoms with Gasteiger partial charge in [-0.25, -0.2) is 4.39 Å². The van der Waals surface area contributed by atoms with Gasteiger partial charge in [-0.15, -0.1) is 0 Å². The van der Waals surface area contributed by atoms with E-state index in [9.17, 15) is 9.18 Å². The molecule has 86 valence electrons. The molecule has 0 atom stereocenters. The number of ketones is 1. The van der Waals surface area contributed by atoms with Crippen LogP contribution in [-0.2, 0) is 0 Å². The lowest BCUT2D eigenvalue weighted by molar-refractivity contribution is 0.0984. The number of carbonyl (C=O) groups is 1. The Balaban J connectivity index is 2.54. The Kier molecular flexibility index (Phi) is 3.11. The second-order valence-corrected chi connectivity index (χ2v) is 4.09. The van der Waals surface area contributed by atoms with Gasteiger partial charge < -0.3 is 14.8 Å². The van der Waals surface area contributed by atoms with E-state index in [4.69, 9.17) is 9.47 Å². The maximum atomic E-state index is 13.8. The number of ether oxygens (including phenoxy) is 2. The molecule has 1 heterocycles. The molecule has 1 aromatic rings. The van der Waals surface area contributed by atoms with Crippen LogP contribution in [0.4, 0.5) is 4.39 Å². The zero-order valence-corrected chi connectivity index (χ0v) is 10.1. The molecule has 0 unspecified atom stereocenters. The van der Waals surface area contributed by atoms with Crippen LogP contribution in [0.15, 0.2) is 10.5 Å². The van der Waals surface area contributed by atoms with Gasteiger partial charge in [-0.2, -0.15) is 0 Å². The smallest absolute Gasteiger partial charge is 0.231 e. The van der Waals surface area contributed by atoms with Gasteiger partial charge in [0.1, 0.15) is 5.56 Å². The molecular weight excluding hydrogens is 281 g/mol. The van der Waals surface area contributed by atoms with Gasteiger partial charge in [-0.3, -0.25) is 4.79 Å². The minimum atomic E-state index is -0.621. The van der Waals surface area contributed by atoms with E-state index < -0.39 is 5.82 Å². The van der Waals surface area contributed by atoms with E-state index in [1.54, 1.807) is 7.05 Å². The summed E-state index contributed by atoms with van der Waals surface area (Å²) in [4.78, 5) is 11.7. The number of halogens is 2. The van der Waals surface area contributed by atoms with Crippen LogP contribution in [0.3, 0.4) is 0 Å². The average Bonchev–Trinajstić information content (AvgIpc) is 2.67. The van der Waals surface area contributed by atoms with Gasteiger partial charge in [0.2, 0.25) is 6.79 Å². The van der Waals surface area contributed by atoms with Crippen molar-refractivity contribution in [2.24, 2.45) is 0 Å². The van der Waals surface area contributed by atoms with Crippen LogP contribution < -0.4 is 14.8 Å². The monoisotopic (exact) mass is 289 g/mol. The van der Waals surface area contributed by atoms with Gasteiger partial charge in [0.05, 0.1) is 11.0 Å². The normalized spacial score (nSPS) is 12.9. The summed E-state index contributed by atoms with van der Waals surface area (Å²) in [5, 5.41) is 2.68. The van der Waals surface area contributed by atoms with Gasteiger partial charge in [-0.05, 0) is 23.0 Å². The minimum Gasteiger partial charge on any atom is -0.454 e. The van der Waals surface area contributed by atoms with E-state index in [0.717, 1.165) is 0 Å². The maximum absolute atomic E-state index is 13.8. The Hall–Kier alpha value is -1.14. The predicted octanol–water partition coefficient (Wildman–Crippen LogP) is 1.72. The minimum absolute atomic E-state index is 0.00502. The Morgan fingerprint density at radius 3 is 3.06 bits per heavy atom. The first kappa shape index (κ1) is 11.3. The van der Waals surface area contributed by atoms with Crippen LogP contribution in [0, 0.1) is 5.82 Å². The molecule has 0 aliphatic carbocycles. The van der Waals surface area contributed by atoms with Crippen LogP contribution in [0.2, 0.25) is 0 Å². The van der Waals surface area contributed by atoms with Crippen molar-refractivity contribution in [2.45, 2.75) is 0 Å². The molecule has 4 nitrogen and oxygen atoms in total. The summed E-state index contributed by atoms with van der Waals surface area (Å²) in [7, 11) is 1.62. The third kappa shape index (κ3) is 1.78. The number of carbonyl (C=O) groups excluding carboxylic acids is 1. The molecule has 0 saturated heterocycles. The maximum Gasteiger partial charge on any atom is 0.231 e. The second kappa shape index (κ2) is 4.39. The fraction of sp³-hybridized carbons (Fsp3) is 0.300. The fourth-order valence-electron chi connectivity index (χ4n) is 1.49. The average molecular weight is 290 g/mol. The molecule has 0 aromatic heterocycles. The first-order valence-corrected chi connectivity index (χ1v) is 5.40. The highest BCUT2D eigenvalue weighted by atomic mass is 79.9. The zero-order chi connectivity index (χ0) is 11.7. The van der Waals surface area contributed by atoms with E-state index in [-0.39, 0.29) is 34.9 Å². The molecular formula is C10H9BrFNO3. The first-order chi connectivity index (χ1) is 7.65.